The lowest BCUT2D eigenvalue weighted by atomic mass is 10.1. The first-order chi connectivity index (χ1) is 10.5. The van der Waals surface area contributed by atoms with Crippen molar-refractivity contribution in [3.63, 3.8) is 0 Å². The number of rotatable bonds is 6. The van der Waals surface area contributed by atoms with E-state index in [1.807, 2.05) is 0 Å². The van der Waals surface area contributed by atoms with Crippen LogP contribution in [0.5, 0.6) is 11.5 Å². The van der Waals surface area contributed by atoms with Gasteiger partial charge in [0, 0.05) is 5.56 Å². The molecule has 0 spiro atoms. The van der Waals surface area contributed by atoms with Crippen LogP contribution in [-0.4, -0.2) is 32.6 Å². The van der Waals surface area contributed by atoms with Crippen LogP contribution in [0.15, 0.2) is 39.4 Å². The van der Waals surface area contributed by atoms with Crippen molar-refractivity contribution in [1.82, 2.24) is 0 Å². The van der Waals surface area contributed by atoms with Gasteiger partial charge in [0.2, 0.25) is 5.76 Å². The van der Waals surface area contributed by atoms with E-state index in [-0.39, 0.29) is 11.5 Å². The molecule has 1 aromatic heterocycles. The highest BCUT2D eigenvalue weighted by Crippen LogP contribution is 2.27. The fourth-order valence-electron chi connectivity index (χ4n) is 1.72. The number of esters is 1. The van der Waals surface area contributed by atoms with Crippen LogP contribution in [0.1, 0.15) is 20.9 Å². The van der Waals surface area contributed by atoms with Crippen LogP contribution in [0, 0.1) is 0 Å². The number of furan rings is 1. The van der Waals surface area contributed by atoms with E-state index in [4.69, 9.17) is 18.6 Å². The zero-order valence-corrected chi connectivity index (χ0v) is 13.5. The van der Waals surface area contributed by atoms with Crippen LogP contribution in [0.2, 0.25) is 0 Å². The Labute approximate surface area is 135 Å². The number of carbonyl (C=O) groups excluding carboxylic acids is 2. The van der Waals surface area contributed by atoms with E-state index in [0.717, 1.165) is 0 Å². The van der Waals surface area contributed by atoms with Crippen molar-refractivity contribution in [3.8, 4) is 11.5 Å². The molecule has 1 aromatic carbocycles. The van der Waals surface area contributed by atoms with Crippen molar-refractivity contribution >= 4 is 27.7 Å². The van der Waals surface area contributed by atoms with Gasteiger partial charge in [0.1, 0.15) is 0 Å². The Morgan fingerprint density at radius 2 is 1.82 bits per heavy atom. The maximum atomic E-state index is 12.0. The predicted molar refractivity (Wildman–Crippen MR) is 80.6 cm³/mol. The Morgan fingerprint density at radius 1 is 1.09 bits per heavy atom. The van der Waals surface area contributed by atoms with Gasteiger partial charge in [-0.3, -0.25) is 4.79 Å². The molecule has 0 bridgehead atoms. The summed E-state index contributed by atoms with van der Waals surface area (Å²) in [6.07, 6.45) is 0. The minimum atomic E-state index is -0.709. The van der Waals surface area contributed by atoms with Crippen molar-refractivity contribution in [1.29, 1.82) is 0 Å². The molecule has 0 aliphatic heterocycles. The second-order valence-electron chi connectivity index (χ2n) is 4.17. The SMILES string of the molecule is COc1ccc(C(=O)COC(=O)c2ccc(Br)o2)cc1OC. The van der Waals surface area contributed by atoms with Gasteiger partial charge in [0.05, 0.1) is 14.2 Å². The predicted octanol–water partition coefficient (Wildman–Crippen LogP) is 3.10. The van der Waals surface area contributed by atoms with Crippen LogP contribution in [-0.2, 0) is 4.74 Å². The monoisotopic (exact) mass is 368 g/mol. The first-order valence-electron chi connectivity index (χ1n) is 6.23. The highest BCUT2D eigenvalue weighted by atomic mass is 79.9. The molecule has 0 fully saturated rings. The van der Waals surface area contributed by atoms with Gasteiger partial charge in [-0.1, -0.05) is 0 Å². The average Bonchev–Trinajstić information content (AvgIpc) is 2.98. The number of halogens is 1. The number of carbonyl (C=O) groups is 2. The molecular formula is C15H13BrO6. The number of hydrogen-bond donors (Lipinski definition) is 0. The average molecular weight is 369 g/mol. The van der Waals surface area contributed by atoms with Gasteiger partial charge in [0.25, 0.3) is 0 Å². The maximum Gasteiger partial charge on any atom is 0.374 e. The molecule has 22 heavy (non-hydrogen) atoms. The quantitative estimate of drug-likeness (QED) is 0.576. The number of benzene rings is 1. The van der Waals surface area contributed by atoms with Crippen LogP contribution in [0.3, 0.4) is 0 Å². The van der Waals surface area contributed by atoms with Gasteiger partial charge in [-0.15, -0.1) is 0 Å². The zero-order chi connectivity index (χ0) is 16.1. The lowest BCUT2D eigenvalue weighted by molar-refractivity contribution is 0.0442. The highest BCUT2D eigenvalue weighted by Gasteiger charge is 2.16. The largest absolute Gasteiger partial charge is 0.493 e. The van der Waals surface area contributed by atoms with Crippen molar-refractivity contribution in [2.45, 2.75) is 0 Å². The number of Topliss-reactive ketones (excluding diaryl/α,β-unsaturated/α-hetero) is 1. The number of methoxy groups -OCH3 is 2. The molecule has 0 saturated carbocycles. The summed E-state index contributed by atoms with van der Waals surface area (Å²) in [5.41, 5.74) is 0.353. The third kappa shape index (κ3) is 3.67. The third-order valence-electron chi connectivity index (χ3n) is 2.81. The molecule has 7 heteroatoms. The molecule has 2 aromatic rings. The Bertz CT molecular complexity index is 691. The standard InChI is InChI=1S/C15H13BrO6/c1-19-11-4-3-9(7-13(11)20-2)10(17)8-21-15(18)12-5-6-14(16)22-12/h3-7H,8H2,1-2H3. The summed E-state index contributed by atoms with van der Waals surface area (Å²) in [5, 5.41) is 0. The lowest BCUT2D eigenvalue weighted by Crippen LogP contribution is -2.14. The summed E-state index contributed by atoms with van der Waals surface area (Å²) in [6, 6.07) is 7.72. The normalized spacial score (nSPS) is 10.1. The summed E-state index contributed by atoms with van der Waals surface area (Å²) in [4.78, 5) is 23.7. The van der Waals surface area contributed by atoms with Crippen molar-refractivity contribution < 1.29 is 28.2 Å². The first-order valence-corrected chi connectivity index (χ1v) is 7.02. The molecule has 0 radical (unpaired) electrons. The summed E-state index contributed by atoms with van der Waals surface area (Å²) >= 11 is 3.08. The molecule has 0 aliphatic carbocycles. The number of hydrogen-bond acceptors (Lipinski definition) is 6. The van der Waals surface area contributed by atoms with Crippen molar-refractivity contribution in [2.75, 3.05) is 20.8 Å². The summed E-state index contributed by atoms with van der Waals surface area (Å²) in [7, 11) is 2.98. The molecule has 6 nitrogen and oxygen atoms in total. The second-order valence-corrected chi connectivity index (χ2v) is 4.95. The van der Waals surface area contributed by atoms with Gasteiger partial charge in [-0.05, 0) is 46.3 Å². The molecule has 0 unspecified atom stereocenters. The Balaban J connectivity index is 2.02. The molecular weight excluding hydrogens is 356 g/mol. The Hall–Kier alpha value is -2.28. The van der Waals surface area contributed by atoms with E-state index >= 15 is 0 Å². The van der Waals surface area contributed by atoms with E-state index in [9.17, 15) is 9.59 Å². The molecule has 1 heterocycles. The van der Waals surface area contributed by atoms with Gasteiger partial charge in [-0.25, -0.2) is 4.79 Å². The minimum Gasteiger partial charge on any atom is -0.493 e. The zero-order valence-electron chi connectivity index (χ0n) is 11.9. The van der Waals surface area contributed by atoms with Gasteiger partial charge < -0.3 is 18.6 Å². The molecule has 116 valence electrons. The molecule has 0 N–H and O–H groups in total. The van der Waals surface area contributed by atoms with E-state index in [0.29, 0.717) is 21.7 Å². The second kappa shape index (κ2) is 7.13. The molecule has 0 aliphatic rings. The van der Waals surface area contributed by atoms with Crippen molar-refractivity contribution in [3.05, 3.63) is 46.3 Å². The molecule has 0 atom stereocenters. The van der Waals surface area contributed by atoms with Gasteiger partial charge in [0.15, 0.2) is 28.6 Å². The smallest absolute Gasteiger partial charge is 0.374 e. The number of ketones is 1. The van der Waals surface area contributed by atoms with Gasteiger partial charge in [-0.2, -0.15) is 0 Å². The number of ether oxygens (including phenoxy) is 3. The summed E-state index contributed by atoms with van der Waals surface area (Å²) in [5.74, 6) is -0.113. The maximum absolute atomic E-state index is 12.0. The highest BCUT2D eigenvalue weighted by molar-refractivity contribution is 9.10. The van der Waals surface area contributed by atoms with Gasteiger partial charge >= 0.3 is 5.97 Å². The Kier molecular flexibility index (Phi) is 5.21. The molecule has 0 amide bonds. The van der Waals surface area contributed by atoms with Crippen LogP contribution >= 0.6 is 15.9 Å². The summed E-state index contributed by atoms with van der Waals surface area (Å²) < 4.78 is 20.6. The van der Waals surface area contributed by atoms with Crippen molar-refractivity contribution in [2.24, 2.45) is 0 Å². The fraction of sp³-hybridized carbons (Fsp3) is 0.200. The van der Waals surface area contributed by atoms with E-state index < -0.39 is 12.6 Å². The molecule has 2 rings (SSSR count). The fourth-order valence-corrected chi connectivity index (χ4v) is 2.03. The lowest BCUT2D eigenvalue weighted by Gasteiger charge is -2.09. The van der Waals surface area contributed by atoms with E-state index in [1.165, 1.54) is 26.4 Å². The van der Waals surface area contributed by atoms with E-state index in [2.05, 4.69) is 15.9 Å². The topological polar surface area (TPSA) is 75.0 Å². The van der Waals surface area contributed by atoms with Crippen LogP contribution < -0.4 is 9.47 Å². The van der Waals surface area contributed by atoms with Crippen LogP contribution in [0.4, 0.5) is 0 Å². The third-order valence-corrected chi connectivity index (χ3v) is 3.24. The summed E-state index contributed by atoms with van der Waals surface area (Å²) in [6.45, 7) is -0.396. The minimum absolute atomic E-state index is 0.0204. The molecule has 0 saturated heterocycles. The Morgan fingerprint density at radius 3 is 2.41 bits per heavy atom. The van der Waals surface area contributed by atoms with E-state index in [1.54, 1.807) is 18.2 Å². The van der Waals surface area contributed by atoms with Crippen LogP contribution in [0.25, 0.3) is 0 Å². The first kappa shape index (κ1) is 16.1.